The van der Waals surface area contributed by atoms with E-state index in [1.807, 2.05) is 24.3 Å². The average Bonchev–Trinajstić information content (AvgIpc) is 2.57. The summed E-state index contributed by atoms with van der Waals surface area (Å²) in [5, 5.41) is 10.3. The maximum absolute atomic E-state index is 10.3. The van der Waals surface area contributed by atoms with Crippen LogP contribution in [0.4, 0.5) is 0 Å². The van der Waals surface area contributed by atoms with Crippen LogP contribution in [0.1, 0.15) is 38.7 Å². The van der Waals surface area contributed by atoms with Crippen LogP contribution in [0, 0.1) is 5.92 Å². The molecule has 0 fully saturated rings. The van der Waals surface area contributed by atoms with Gasteiger partial charge in [0, 0.05) is 19.2 Å². The van der Waals surface area contributed by atoms with Crippen molar-refractivity contribution in [3.63, 3.8) is 0 Å². The number of aliphatic hydroxyl groups excluding tert-OH is 1. The first-order valence-corrected chi connectivity index (χ1v) is 8.71. The monoisotopic (exact) mass is 335 g/mol. The van der Waals surface area contributed by atoms with E-state index in [0.717, 1.165) is 49.4 Å². The minimum atomic E-state index is -0.331. The number of nitrogens with zero attached hydrogens (tertiary/aromatic N) is 1. The SMILES string of the molecule is C=CCC[C@@H](O)CN(CCC(C)C)Cc1cc(OC)cc(OC)c1. The second kappa shape index (κ2) is 11.1. The van der Waals surface area contributed by atoms with Crippen molar-refractivity contribution in [2.45, 2.75) is 45.8 Å². The van der Waals surface area contributed by atoms with Crippen molar-refractivity contribution in [2.75, 3.05) is 27.3 Å². The summed E-state index contributed by atoms with van der Waals surface area (Å²) in [6.07, 6.45) is 4.22. The molecule has 24 heavy (non-hydrogen) atoms. The van der Waals surface area contributed by atoms with Gasteiger partial charge in [0.1, 0.15) is 11.5 Å². The number of rotatable bonds is 12. The smallest absolute Gasteiger partial charge is 0.122 e. The Balaban J connectivity index is 2.80. The summed E-state index contributed by atoms with van der Waals surface area (Å²) >= 11 is 0. The second-order valence-corrected chi connectivity index (χ2v) is 6.66. The van der Waals surface area contributed by atoms with Gasteiger partial charge < -0.3 is 14.6 Å². The van der Waals surface area contributed by atoms with E-state index in [-0.39, 0.29) is 6.10 Å². The number of allylic oxidation sites excluding steroid dienone is 1. The summed E-state index contributed by atoms with van der Waals surface area (Å²) in [6, 6.07) is 5.93. The predicted molar refractivity (Wildman–Crippen MR) is 99.7 cm³/mol. The lowest BCUT2D eigenvalue weighted by Crippen LogP contribution is -2.33. The zero-order valence-electron chi connectivity index (χ0n) is 15.6. The molecule has 0 radical (unpaired) electrons. The van der Waals surface area contributed by atoms with Crippen molar-refractivity contribution in [1.82, 2.24) is 4.90 Å². The van der Waals surface area contributed by atoms with Gasteiger partial charge in [-0.15, -0.1) is 6.58 Å². The van der Waals surface area contributed by atoms with Crippen LogP contribution in [0.2, 0.25) is 0 Å². The zero-order chi connectivity index (χ0) is 17.9. The maximum Gasteiger partial charge on any atom is 0.122 e. The number of methoxy groups -OCH3 is 2. The Morgan fingerprint density at radius 3 is 2.25 bits per heavy atom. The Morgan fingerprint density at radius 1 is 1.12 bits per heavy atom. The van der Waals surface area contributed by atoms with Crippen molar-refractivity contribution in [3.05, 3.63) is 36.4 Å². The molecule has 0 aromatic heterocycles. The van der Waals surface area contributed by atoms with E-state index in [0.29, 0.717) is 12.5 Å². The minimum Gasteiger partial charge on any atom is -0.497 e. The standard InChI is InChI=1S/C20H33NO3/c1-6-7-8-18(22)15-21(10-9-16(2)3)14-17-11-19(23-4)13-20(12-17)24-5/h6,11-13,16,18,22H,1,7-10,14-15H2,2-5H3/t18-/m1/s1. The van der Waals surface area contributed by atoms with Gasteiger partial charge in [0.2, 0.25) is 0 Å². The van der Waals surface area contributed by atoms with Gasteiger partial charge in [0.25, 0.3) is 0 Å². The molecule has 1 aromatic rings. The van der Waals surface area contributed by atoms with Crippen molar-refractivity contribution in [2.24, 2.45) is 5.92 Å². The molecule has 0 saturated heterocycles. The Labute approximate surface area is 147 Å². The fourth-order valence-electron chi connectivity index (χ4n) is 2.59. The molecule has 1 atom stereocenters. The highest BCUT2D eigenvalue weighted by molar-refractivity contribution is 5.38. The van der Waals surface area contributed by atoms with E-state index in [9.17, 15) is 5.11 Å². The van der Waals surface area contributed by atoms with Crippen LogP contribution >= 0.6 is 0 Å². The van der Waals surface area contributed by atoms with Crippen molar-refractivity contribution < 1.29 is 14.6 Å². The number of hydrogen-bond donors (Lipinski definition) is 1. The molecule has 1 aromatic carbocycles. The highest BCUT2D eigenvalue weighted by Gasteiger charge is 2.14. The van der Waals surface area contributed by atoms with E-state index in [1.54, 1.807) is 14.2 Å². The fourth-order valence-corrected chi connectivity index (χ4v) is 2.59. The van der Waals surface area contributed by atoms with Gasteiger partial charge in [-0.25, -0.2) is 0 Å². The molecule has 0 bridgehead atoms. The Morgan fingerprint density at radius 2 is 1.75 bits per heavy atom. The van der Waals surface area contributed by atoms with Crippen molar-refractivity contribution in [3.8, 4) is 11.5 Å². The van der Waals surface area contributed by atoms with Crippen molar-refractivity contribution >= 4 is 0 Å². The summed E-state index contributed by atoms with van der Waals surface area (Å²) in [4.78, 5) is 2.31. The lowest BCUT2D eigenvalue weighted by Gasteiger charge is -2.26. The summed E-state index contributed by atoms with van der Waals surface area (Å²) in [7, 11) is 3.32. The molecular weight excluding hydrogens is 302 g/mol. The first-order chi connectivity index (χ1) is 11.5. The zero-order valence-corrected chi connectivity index (χ0v) is 15.6. The molecule has 0 unspecified atom stereocenters. The van der Waals surface area contributed by atoms with Crippen molar-refractivity contribution in [1.29, 1.82) is 0 Å². The lowest BCUT2D eigenvalue weighted by atomic mass is 10.1. The minimum absolute atomic E-state index is 0.331. The second-order valence-electron chi connectivity index (χ2n) is 6.66. The third-order valence-electron chi connectivity index (χ3n) is 4.01. The van der Waals surface area contributed by atoms with E-state index < -0.39 is 0 Å². The Kier molecular flexibility index (Phi) is 9.50. The maximum atomic E-state index is 10.3. The summed E-state index contributed by atoms with van der Waals surface area (Å²) in [5.74, 6) is 2.22. The largest absolute Gasteiger partial charge is 0.497 e. The molecule has 0 heterocycles. The third-order valence-corrected chi connectivity index (χ3v) is 4.01. The molecule has 0 amide bonds. The van der Waals surface area contributed by atoms with Gasteiger partial charge >= 0.3 is 0 Å². The normalized spacial score (nSPS) is 12.5. The van der Waals surface area contributed by atoms with Gasteiger partial charge in [-0.2, -0.15) is 0 Å². The molecule has 4 heteroatoms. The van der Waals surface area contributed by atoms with Crippen LogP contribution in [0.15, 0.2) is 30.9 Å². The molecule has 0 spiro atoms. The van der Waals surface area contributed by atoms with Gasteiger partial charge in [-0.05, 0) is 49.4 Å². The van der Waals surface area contributed by atoms with E-state index in [2.05, 4.69) is 25.3 Å². The van der Waals surface area contributed by atoms with Gasteiger partial charge in [0.05, 0.1) is 20.3 Å². The predicted octanol–water partition coefficient (Wildman–Crippen LogP) is 3.88. The van der Waals surface area contributed by atoms with Crippen LogP contribution in [0.5, 0.6) is 11.5 Å². The first-order valence-electron chi connectivity index (χ1n) is 8.71. The average molecular weight is 335 g/mol. The topological polar surface area (TPSA) is 41.9 Å². The van der Waals surface area contributed by atoms with Gasteiger partial charge in [0.15, 0.2) is 0 Å². The molecule has 1 N–H and O–H groups in total. The fraction of sp³-hybridized carbons (Fsp3) is 0.600. The molecule has 0 aliphatic carbocycles. The van der Waals surface area contributed by atoms with Crippen LogP contribution in [0.25, 0.3) is 0 Å². The number of aliphatic hydroxyl groups is 1. The molecule has 0 aliphatic heterocycles. The summed E-state index contributed by atoms with van der Waals surface area (Å²) in [5.41, 5.74) is 1.13. The van der Waals surface area contributed by atoms with Crippen LogP contribution < -0.4 is 9.47 Å². The molecular formula is C20H33NO3. The molecule has 1 rings (SSSR count). The third kappa shape index (κ3) is 7.84. The summed E-state index contributed by atoms with van der Waals surface area (Å²) in [6.45, 7) is 10.6. The first kappa shape index (κ1) is 20.5. The van der Waals surface area contributed by atoms with Gasteiger partial charge in [-0.3, -0.25) is 4.90 Å². The number of hydrogen-bond acceptors (Lipinski definition) is 4. The van der Waals surface area contributed by atoms with E-state index >= 15 is 0 Å². The van der Waals surface area contributed by atoms with Crippen LogP contribution in [0.3, 0.4) is 0 Å². The quantitative estimate of drug-likeness (QED) is 0.589. The van der Waals surface area contributed by atoms with Gasteiger partial charge in [-0.1, -0.05) is 19.9 Å². The molecule has 0 saturated carbocycles. The van der Waals surface area contributed by atoms with E-state index in [1.165, 1.54) is 0 Å². The lowest BCUT2D eigenvalue weighted by molar-refractivity contribution is 0.0994. The number of ether oxygens (including phenoxy) is 2. The van der Waals surface area contributed by atoms with Crippen LogP contribution in [-0.2, 0) is 6.54 Å². The highest BCUT2D eigenvalue weighted by Crippen LogP contribution is 2.24. The molecule has 136 valence electrons. The Bertz CT molecular complexity index is 466. The number of benzene rings is 1. The highest BCUT2D eigenvalue weighted by atomic mass is 16.5. The Hall–Kier alpha value is -1.52. The summed E-state index contributed by atoms with van der Waals surface area (Å²) < 4.78 is 10.7. The molecule has 4 nitrogen and oxygen atoms in total. The van der Waals surface area contributed by atoms with E-state index in [4.69, 9.17) is 9.47 Å². The molecule has 0 aliphatic rings. The van der Waals surface area contributed by atoms with Crippen LogP contribution in [-0.4, -0.2) is 43.4 Å².